The first-order chi connectivity index (χ1) is 9.99. The zero-order valence-electron chi connectivity index (χ0n) is 14.6. The molecule has 21 heavy (non-hydrogen) atoms. The van der Waals surface area contributed by atoms with Crippen molar-refractivity contribution in [1.82, 2.24) is 0 Å². The Morgan fingerprint density at radius 1 is 1.38 bits per heavy atom. The summed E-state index contributed by atoms with van der Waals surface area (Å²) in [4.78, 5) is 0. The molecule has 1 fully saturated rings. The van der Waals surface area contributed by atoms with Crippen molar-refractivity contribution in [2.45, 2.75) is 58.8 Å². The zero-order chi connectivity index (χ0) is 15.8. The van der Waals surface area contributed by atoms with E-state index >= 15 is 0 Å². The predicted molar refractivity (Wildman–Crippen MR) is 104 cm³/mol. The molecular formula is C18H35NPS+. The van der Waals surface area contributed by atoms with E-state index in [9.17, 15) is 0 Å². The zero-order valence-corrected chi connectivity index (χ0v) is 16.4. The van der Waals surface area contributed by atoms with E-state index in [-0.39, 0.29) is 7.55 Å². The van der Waals surface area contributed by atoms with Gasteiger partial charge in [0, 0.05) is 5.92 Å². The molecule has 0 aromatic carbocycles. The van der Waals surface area contributed by atoms with Crippen molar-refractivity contribution in [2.24, 2.45) is 23.5 Å². The van der Waals surface area contributed by atoms with Crippen molar-refractivity contribution in [3.05, 3.63) is 11.6 Å². The van der Waals surface area contributed by atoms with Crippen molar-refractivity contribution in [3.63, 3.8) is 0 Å². The molecule has 1 rings (SSSR count). The average Bonchev–Trinajstić information content (AvgIpc) is 3.21. The van der Waals surface area contributed by atoms with Gasteiger partial charge in [-0.05, 0) is 37.9 Å². The molecule has 0 aromatic rings. The van der Waals surface area contributed by atoms with E-state index < -0.39 is 0 Å². The van der Waals surface area contributed by atoms with Crippen molar-refractivity contribution in [1.29, 1.82) is 0 Å². The van der Waals surface area contributed by atoms with Gasteiger partial charge in [-0.2, -0.15) is 0 Å². The van der Waals surface area contributed by atoms with Gasteiger partial charge in [-0.3, -0.25) is 0 Å². The minimum atomic E-state index is 0.00358. The number of hydrogen-bond donors (Lipinski definition) is 1. The molecule has 1 aliphatic rings. The number of thioether (sulfide) groups is 1. The molecule has 0 amide bonds. The van der Waals surface area contributed by atoms with Gasteiger partial charge >= 0.3 is 0 Å². The van der Waals surface area contributed by atoms with Crippen LogP contribution in [-0.4, -0.2) is 29.7 Å². The Hall–Kier alpha value is 0.220. The van der Waals surface area contributed by atoms with E-state index in [1.54, 1.807) is 17.3 Å². The van der Waals surface area contributed by atoms with Crippen LogP contribution in [0.1, 0.15) is 53.4 Å². The summed E-state index contributed by atoms with van der Waals surface area (Å²) < 4.78 is 0. The van der Waals surface area contributed by atoms with Gasteiger partial charge in [-0.25, -0.2) is 0 Å². The van der Waals surface area contributed by atoms with E-state index in [1.807, 2.05) is 0 Å². The highest BCUT2D eigenvalue weighted by Gasteiger charge is 2.30. The third-order valence-electron chi connectivity index (χ3n) is 4.65. The van der Waals surface area contributed by atoms with E-state index in [2.05, 4.69) is 45.8 Å². The van der Waals surface area contributed by atoms with E-state index in [4.69, 9.17) is 5.73 Å². The van der Waals surface area contributed by atoms with Crippen LogP contribution in [0.3, 0.4) is 0 Å². The largest absolute Gasteiger partial charge is 0.316 e. The fourth-order valence-electron chi connectivity index (χ4n) is 2.79. The lowest BCUT2D eigenvalue weighted by Crippen LogP contribution is -2.18. The summed E-state index contributed by atoms with van der Waals surface area (Å²) >= 11 is 1.79. The maximum atomic E-state index is 6.09. The maximum absolute atomic E-state index is 6.09. The summed E-state index contributed by atoms with van der Waals surface area (Å²) in [6.45, 7) is 9.29. The molecule has 1 saturated carbocycles. The number of allylic oxidation sites excluding steroid dienone is 2. The summed E-state index contributed by atoms with van der Waals surface area (Å²) in [5.74, 6) is 4.96. The summed E-state index contributed by atoms with van der Waals surface area (Å²) in [5, 5.41) is 0.316. The molecule has 0 radical (unpaired) electrons. The Bertz CT molecular complexity index is 364. The van der Waals surface area contributed by atoms with E-state index in [0.717, 1.165) is 17.8 Å². The van der Waals surface area contributed by atoms with E-state index in [1.165, 1.54) is 38.0 Å². The summed E-state index contributed by atoms with van der Waals surface area (Å²) in [5.41, 5.74) is 7.83. The van der Waals surface area contributed by atoms with Gasteiger partial charge in [0.1, 0.15) is 12.3 Å². The normalized spacial score (nSPS) is 25.0. The molecule has 5 atom stereocenters. The molecule has 122 valence electrons. The third-order valence-corrected chi connectivity index (χ3v) is 8.31. The number of rotatable bonds is 10. The summed E-state index contributed by atoms with van der Waals surface area (Å²) in [6.07, 6.45) is 12.7. The first kappa shape index (κ1) is 19.3. The average molecular weight is 329 g/mol. The lowest BCUT2D eigenvalue weighted by Gasteiger charge is -2.07. The highest BCUT2D eigenvalue weighted by molar-refractivity contribution is 7.99. The molecule has 0 saturated heterocycles. The molecule has 2 N–H and O–H groups in total. The second kappa shape index (κ2) is 10.1. The predicted octanol–water partition coefficient (Wildman–Crippen LogP) is 5.35. The van der Waals surface area contributed by atoms with Gasteiger partial charge in [-0.1, -0.05) is 45.3 Å². The first-order valence-electron chi connectivity index (χ1n) is 8.52. The molecule has 0 aliphatic heterocycles. The fraction of sp³-hybridized carbons (Fsp3) is 0.833. The number of nitrogens with two attached hydrogens (primary N) is 1. The Morgan fingerprint density at radius 2 is 2.10 bits per heavy atom. The number of hydrogen-bond acceptors (Lipinski definition) is 2. The minimum absolute atomic E-state index is 0.00358. The van der Waals surface area contributed by atoms with Crippen LogP contribution in [0.25, 0.3) is 0 Å². The molecule has 0 aromatic heterocycles. The van der Waals surface area contributed by atoms with Gasteiger partial charge in [0.05, 0.1) is 18.7 Å². The quantitative estimate of drug-likeness (QED) is 0.332. The molecular weight excluding hydrogens is 293 g/mol. The van der Waals surface area contributed by atoms with Crippen LogP contribution < -0.4 is 5.73 Å². The summed E-state index contributed by atoms with van der Waals surface area (Å²) in [7, 11) is 0.00358. The van der Waals surface area contributed by atoms with Gasteiger partial charge in [0.25, 0.3) is 0 Å². The SMILES string of the molecule is CC=[P+](CC(C)C=C1CC1CCC(C)CC)CC(N)SC. The van der Waals surface area contributed by atoms with Gasteiger partial charge < -0.3 is 5.73 Å². The van der Waals surface area contributed by atoms with Crippen LogP contribution in [0.2, 0.25) is 0 Å². The van der Waals surface area contributed by atoms with Crippen LogP contribution in [0.4, 0.5) is 0 Å². The second-order valence-electron chi connectivity index (χ2n) is 6.70. The van der Waals surface area contributed by atoms with Gasteiger partial charge in [-0.15, -0.1) is 11.8 Å². The van der Waals surface area contributed by atoms with E-state index in [0.29, 0.717) is 5.37 Å². The van der Waals surface area contributed by atoms with Crippen molar-refractivity contribution >= 4 is 25.1 Å². The topological polar surface area (TPSA) is 26.0 Å². The highest BCUT2D eigenvalue weighted by atomic mass is 32.2. The Morgan fingerprint density at radius 3 is 2.67 bits per heavy atom. The van der Waals surface area contributed by atoms with Crippen LogP contribution in [0, 0.1) is 17.8 Å². The lowest BCUT2D eigenvalue weighted by molar-refractivity contribution is 0.481. The highest BCUT2D eigenvalue weighted by Crippen LogP contribution is 2.43. The molecule has 3 heteroatoms. The molecule has 0 spiro atoms. The summed E-state index contributed by atoms with van der Waals surface area (Å²) in [6, 6.07) is 0. The van der Waals surface area contributed by atoms with Gasteiger partial charge in [0.2, 0.25) is 0 Å². The van der Waals surface area contributed by atoms with Crippen molar-refractivity contribution in [2.75, 3.05) is 18.6 Å². The molecule has 0 heterocycles. The maximum Gasteiger partial charge on any atom is 0.130 e. The van der Waals surface area contributed by atoms with Crippen LogP contribution in [0.5, 0.6) is 0 Å². The van der Waals surface area contributed by atoms with Crippen LogP contribution in [0.15, 0.2) is 11.6 Å². The lowest BCUT2D eigenvalue weighted by atomic mass is 10.0. The molecule has 0 bridgehead atoms. The third kappa shape index (κ3) is 7.86. The standard InChI is InChI=1S/C18H35NPS/c1-6-14(3)8-9-16-11-17(16)10-15(4)12-20(7-2)13-18(19)21-5/h7,10,14-16,18H,6,8-9,11-13,19H2,1-5H3/q+1. The van der Waals surface area contributed by atoms with Crippen molar-refractivity contribution < 1.29 is 0 Å². The fourth-order valence-corrected chi connectivity index (χ4v) is 5.83. The van der Waals surface area contributed by atoms with Gasteiger partial charge in [0.15, 0.2) is 0 Å². The van der Waals surface area contributed by atoms with Crippen molar-refractivity contribution in [3.8, 4) is 0 Å². The first-order valence-corrected chi connectivity index (χ1v) is 11.6. The molecule has 5 unspecified atom stereocenters. The molecule has 1 aliphatic carbocycles. The molecule has 1 nitrogen and oxygen atoms in total. The second-order valence-corrected chi connectivity index (χ2v) is 10.2. The Balaban J connectivity index is 2.33. The van der Waals surface area contributed by atoms with Crippen LogP contribution in [-0.2, 0) is 0 Å². The van der Waals surface area contributed by atoms with Crippen LogP contribution >= 0.6 is 19.3 Å². The smallest absolute Gasteiger partial charge is 0.130 e. The Kier molecular flexibility index (Phi) is 9.25. The Labute approximate surface area is 137 Å². The monoisotopic (exact) mass is 328 g/mol. The minimum Gasteiger partial charge on any atom is -0.316 e.